The van der Waals surface area contributed by atoms with Crippen LogP contribution in [0.1, 0.15) is 32.0 Å². The zero-order valence-electron chi connectivity index (χ0n) is 14.1. The lowest BCUT2D eigenvalue weighted by Crippen LogP contribution is -2.27. The topological polar surface area (TPSA) is 85.4 Å². The number of nitrogens with one attached hydrogen (secondary N) is 1. The van der Waals surface area contributed by atoms with Gasteiger partial charge in [-0.3, -0.25) is 14.6 Å². The highest BCUT2D eigenvalue weighted by atomic mass is 16.5. The number of pyridine rings is 1. The Balaban J connectivity index is 1.66. The zero-order valence-corrected chi connectivity index (χ0v) is 14.1. The number of hydrogen-bond donors (Lipinski definition) is 1. The summed E-state index contributed by atoms with van der Waals surface area (Å²) in [5.74, 6) is -0.951. The van der Waals surface area contributed by atoms with Crippen molar-refractivity contribution < 1.29 is 19.1 Å². The molecule has 0 amide bonds. The number of ether oxygens (including phenoxy) is 1. The Bertz CT molecular complexity index is 927. The van der Waals surface area contributed by atoms with Crippen molar-refractivity contribution in [2.75, 3.05) is 7.11 Å². The summed E-state index contributed by atoms with van der Waals surface area (Å²) in [5.41, 5.74) is 2.50. The number of hydrogen-bond acceptors (Lipinski definition) is 6. The van der Waals surface area contributed by atoms with E-state index in [1.807, 2.05) is 24.3 Å². The molecule has 0 bridgehead atoms. The highest BCUT2D eigenvalue weighted by Gasteiger charge is 2.26. The van der Waals surface area contributed by atoms with Crippen LogP contribution in [0.15, 0.2) is 60.4 Å². The molecule has 0 atom stereocenters. The van der Waals surface area contributed by atoms with Crippen molar-refractivity contribution in [2.45, 2.75) is 6.54 Å². The molecule has 3 rings (SSSR count). The average molecular weight is 348 g/mol. The first-order valence-electron chi connectivity index (χ1n) is 7.93. The van der Waals surface area contributed by atoms with Crippen LogP contribution >= 0.6 is 0 Å². The van der Waals surface area contributed by atoms with Gasteiger partial charge in [-0.25, -0.2) is 4.79 Å². The minimum atomic E-state index is -0.419. The molecule has 0 radical (unpaired) electrons. The monoisotopic (exact) mass is 348 g/mol. The molecule has 1 aromatic carbocycles. The van der Waals surface area contributed by atoms with Crippen molar-refractivity contribution in [3.8, 4) is 0 Å². The zero-order chi connectivity index (χ0) is 18.5. The number of carbonyl (C=O) groups is 3. The van der Waals surface area contributed by atoms with Gasteiger partial charge in [0.15, 0.2) is 5.78 Å². The molecule has 1 aromatic heterocycles. The number of aromatic nitrogens is 1. The highest BCUT2D eigenvalue weighted by Crippen LogP contribution is 2.18. The minimum absolute atomic E-state index is 0.172. The average Bonchev–Trinajstić information content (AvgIpc) is 2.68. The van der Waals surface area contributed by atoms with Crippen molar-refractivity contribution in [1.29, 1.82) is 0 Å². The third kappa shape index (κ3) is 3.75. The van der Waals surface area contributed by atoms with Gasteiger partial charge in [-0.1, -0.05) is 24.3 Å². The second-order valence-electron chi connectivity index (χ2n) is 5.60. The van der Waals surface area contributed by atoms with E-state index in [4.69, 9.17) is 0 Å². The van der Waals surface area contributed by atoms with Gasteiger partial charge in [0, 0.05) is 24.9 Å². The van der Waals surface area contributed by atoms with Gasteiger partial charge in [0.25, 0.3) is 0 Å². The summed E-state index contributed by atoms with van der Waals surface area (Å²) in [6.07, 6.45) is 5.79. The van der Waals surface area contributed by atoms with Gasteiger partial charge in [0.05, 0.1) is 18.4 Å². The fourth-order valence-corrected chi connectivity index (χ4v) is 2.49. The van der Waals surface area contributed by atoms with E-state index in [1.165, 1.54) is 25.5 Å². The molecule has 6 nitrogen and oxygen atoms in total. The Morgan fingerprint density at radius 2 is 1.96 bits per heavy atom. The molecular weight excluding hydrogens is 332 g/mol. The van der Waals surface area contributed by atoms with Gasteiger partial charge in [0.1, 0.15) is 5.69 Å². The smallest absolute Gasteiger partial charge is 0.330 e. The van der Waals surface area contributed by atoms with E-state index in [9.17, 15) is 14.4 Å². The molecule has 0 saturated carbocycles. The molecule has 1 aliphatic rings. The fourth-order valence-electron chi connectivity index (χ4n) is 2.49. The van der Waals surface area contributed by atoms with Crippen molar-refractivity contribution in [1.82, 2.24) is 10.3 Å². The van der Waals surface area contributed by atoms with Crippen molar-refractivity contribution in [3.63, 3.8) is 0 Å². The fraction of sp³-hybridized carbons (Fsp3) is 0.100. The first-order chi connectivity index (χ1) is 12.6. The number of allylic oxidation sites excluding steroid dienone is 2. The molecule has 0 aliphatic heterocycles. The van der Waals surface area contributed by atoms with Crippen molar-refractivity contribution in [2.24, 2.45) is 0 Å². The molecule has 1 N–H and O–H groups in total. The molecule has 1 heterocycles. The van der Waals surface area contributed by atoms with Gasteiger partial charge in [-0.05, 0) is 29.3 Å². The van der Waals surface area contributed by atoms with Crippen LogP contribution in [0.2, 0.25) is 0 Å². The molecule has 130 valence electrons. The van der Waals surface area contributed by atoms with Crippen LogP contribution in [-0.2, 0) is 16.1 Å². The van der Waals surface area contributed by atoms with E-state index in [0.29, 0.717) is 12.1 Å². The number of fused-ring (bicyclic) bond motifs is 1. The Morgan fingerprint density at radius 3 is 2.69 bits per heavy atom. The van der Waals surface area contributed by atoms with Crippen molar-refractivity contribution in [3.05, 3.63) is 82.8 Å². The molecule has 0 unspecified atom stereocenters. The maximum absolute atomic E-state index is 12.4. The van der Waals surface area contributed by atoms with Gasteiger partial charge >= 0.3 is 5.97 Å². The summed E-state index contributed by atoms with van der Waals surface area (Å²) in [5, 5.41) is 3.00. The van der Waals surface area contributed by atoms with Gasteiger partial charge in [-0.2, -0.15) is 0 Å². The number of Topliss-reactive ketones (excluding diaryl/α,β-unsaturated/α-hetero) is 1. The molecule has 1 aliphatic carbocycles. The van der Waals surface area contributed by atoms with Crippen LogP contribution in [0.3, 0.4) is 0 Å². The van der Waals surface area contributed by atoms with Gasteiger partial charge < -0.3 is 10.1 Å². The van der Waals surface area contributed by atoms with Crippen LogP contribution in [0.25, 0.3) is 6.08 Å². The second kappa shape index (κ2) is 7.57. The van der Waals surface area contributed by atoms with E-state index in [1.54, 1.807) is 18.2 Å². The van der Waals surface area contributed by atoms with Gasteiger partial charge in [0.2, 0.25) is 5.78 Å². The first-order valence-corrected chi connectivity index (χ1v) is 7.93. The summed E-state index contributed by atoms with van der Waals surface area (Å²) >= 11 is 0. The maximum Gasteiger partial charge on any atom is 0.330 e. The van der Waals surface area contributed by atoms with E-state index >= 15 is 0 Å². The van der Waals surface area contributed by atoms with E-state index < -0.39 is 5.97 Å². The van der Waals surface area contributed by atoms with E-state index in [-0.39, 0.29) is 23.0 Å². The molecule has 0 spiro atoms. The van der Waals surface area contributed by atoms with Crippen LogP contribution < -0.4 is 5.32 Å². The molecule has 6 heteroatoms. The largest absolute Gasteiger partial charge is 0.466 e. The quantitative estimate of drug-likeness (QED) is 0.659. The molecule has 26 heavy (non-hydrogen) atoms. The number of esters is 1. The predicted molar refractivity (Wildman–Crippen MR) is 95.3 cm³/mol. The molecular formula is C20H16N2O4. The normalized spacial score (nSPS) is 13.3. The maximum atomic E-state index is 12.4. The van der Waals surface area contributed by atoms with Crippen LogP contribution in [0.5, 0.6) is 0 Å². The van der Waals surface area contributed by atoms with Crippen molar-refractivity contribution >= 4 is 23.6 Å². The number of methoxy groups -OCH3 is 1. The standard InChI is InChI=1S/C20H16N2O4/c1-26-18(24)9-8-13-4-6-14(7-5-13)12-22-16-11-17(23)15-3-2-10-21-19(15)20(16)25/h2-11,22H,12H2,1H3/b9-8+. The third-order valence-electron chi connectivity index (χ3n) is 3.88. The SMILES string of the molecule is COC(=O)/C=C/c1ccc(CNC2=CC(=O)c3cccnc3C2=O)cc1. The Labute approximate surface area is 150 Å². The minimum Gasteiger partial charge on any atom is -0.466 e. The number of nitrogens with zero attached hydrogens (tertiary/aromatic N) is 1. The lowest BCUT2D eigenvalue weighted by Gasteiger charge is -2.15. The predicted octanol–water partition coefficient (Wildman–Crippen LogP) is 2.32. The first kappa shape index (κ1) is 17.3. The number of carbonyl (C=O) groups excluding carboxylic acids is 3. The molecule has 0 saturated heterocycles. The van der Waals surface area contributed by atoms with E-state index in [2.05, 4.69) is 15.0 Å². The van der Waals surface area contributed by atoms with Gasteiger partial charge in [-0.15, -0.1) is 0 Å². The lowest BCUT2D eigenvalue weighted by molar-refractivity contribution is -0.134. The number of ketones is 2. The number of rotatable bonds is 5. The van der Waals surface area contributed by atoms with E-state index in [0.717, 1.165) is 11.1 Å². The highest BCUT2D eigenvalue weighted by molar-refractivity contribution is 6.23. The number of benzene rings is 1. The lowest BCUT2D eigenvalue weighted by atomic mass is 9.97. The van der Waals surface area contributed by atoms with Crippen LogP contribution in [-0.4, -0.2) is 29.6 Å². The van der Waals surface area contributed by atoms with Crippen LogP contribution in [0.4, 0.5) is 0 Å². The Morgan fingerprint density at radius 1 is 1.19 bits per heavy atom. The summed E-state index contributed by atoms with van der Waals surface area (Å²) in [6, 6.07) is 10.6. The second-order valence-corrected chi connectivity index (χ2v) is 5.60. The molecule has 2 aromatic rings. The summed E-state index contributed by atoms with van der Waals surface area (Å²) in [6.45, 7) is 0.383. The summed E-state index contributed by atoms with van der Waals surface area (Å²) in [4.78, 5) is 39.6. The summed E-state index contributed by atoms with van der Waals surface area (Å²) < 4.78 is 4.54. The van der Waals surface area contributed by atoms with Crippen LogP contribution in [0, 0.1) is 0 Å². The Kier molecular flexibility index (Phi) is 5.03. The third-order valence-corrected chi connectivity index (χ3v) is 3.88. The summed E-state index contributed by atoms with van der Waals surface area (Å²) in [7, 11) is 1.32. The molecule has 0 fully saturated rings. The Hall–Kier alpha value is -3.54.